The van der Waals surface area contributed by atoms with Crippen LogP contribution in [-0.4, -0.2) is 36.1 Å². The Morgan fingerprint density at radius 1 is 1.14 bits per heavy atom. The fraction of sp³-hybridized carbons (Fsp3) is 0.227. The lowest BCUT2D eigenvalue weighted by Crippen LogP contribution is -2.18. The van der Waals surface area contributed by atoms with Crippen LogP contribution >= 0.6 is 0 Å². The molecule has 0 radical (unpaired) electrons. The quantitative estimate of drug-likeness (QED) is 0.494. The van der Waals surface area contributed by atoms with Crippen LogP contribution in [0.2, 0.25) is 0 Å². The van der Waals surface area contributed by atoms with E-state index in [0.29, 0.717) is 23.6 Å². The van der Waals surface area contributed by atoms with E-state index in [2.05, 4.69) is 15.6 Å². The molecule has 150 valence electrons. The molecular formula is C22H24N4O3. The number of carbonyl (C=O) groups is 1. The number of carbonyl (C=O) groups excluding carboxylic acids is 1. The van der Waals surface area contributed by atoms with E-state index in [9.17, 15) is 4.79 Å². The third kappa shape index (κ3) is 5.01. The molecular weight excluding hydrogens is 368 g/mol. The summed E-state index contributed by atoms with van der Waals surface area (Å²) in [7, 11) is 3.16. The van der Waals surface area contributed by atoms with Gasteiger partial charge in [0, 0.05) is 22.9 Å². The summed E-state index contributed by atoms with van der Waals surface area (Å²) in [6.45, 7) is 4.58. The summed E-state index contributed by atoms with van der Waals surface area (Å²) in [5, 5.41) is 8.51. The van der Waals surface area contributed by atoms with Gasteiger partial charge in [0.2, 0.25) is 0 Å². The van der Waals surface area contributed by atoms with Crippen molar-refractivity contribution in [3.05, 3.63) is 76.6 Å². The van der Waals surface area contributed by atoms with E-state index >= 15 is 0 Å². The summed E-state index contributed by atoms with van der Waals surface area (Å²) in [6, 6.07) is 14.8. The molecule has 0 bridgehead atoms. The maximum Gasteiger partial charge on any atom is 0.271 e. The molecule has 0 unspecified atom stereocenters. The molecule has 7 heteroatoms. The van der Waals surface area contributed by atoms with Crippen LogP contribution in [0, 0.1) is 13.8 Å². The number of aromatic nitrogens is 2. The highest BCUT2D eigenvalue weighted by molar-refractivity contribution is 5.95. The van der Waals surface area contributed by atoms with E-state index in [-0.39, 0.29) is 5.91 Å². The Labute approximate surface area is 170 Å². The lowest BCUT2D eigenvalue weighted by molar-refractivity contribution is 0.0955. The molecule has 0 saturated carbocycles. The van der Waals surface area contributed by atoms with Crippen molar-refractivity contribution >= 4 is 12.1 Å². The normalized spacial score (nSPS) is 10.9. The number of amides is 1. The van der Waals surface area contributed by atoms with Crippen molar-refractivity contribution in [3.63, 3.8) is 0 Å². The van der Waals surface area contributed by atoms with Crippen molar-refractivity contribution in [2.24, 2.45) is 5.10 Å². The summed E-state index contributed by atoms with van der Waals surface area (Å²) < 4.78 is 12.4. The number of nitrogens with one attached hydrogen (secondary N) is 1. The number of ether oxygens (including phenoxy) is 2. The highest BCUT2D eigenvalue weighted by Gasteiger charge is 2.08. The molecule has 2 aromatic carbocycles. The van der Waals surface area contributed by atoms with Gasteiger partial charge in [-0.3, -0.25) is 9.48 Å². The van der Waals surface area contributed by atoms with Crippen LogP contribution in [-0.2, 0) is 6.54 Å². The summed E-state index contributed by atoms with van der Waals surface area (Å²) in [6.07, 6.45) is 1.54. The predicted octanol–water partition coefficient (Wildman–Crippen LogP) is 3.33. The fourth-order valence-electron chi connectivity index (χ4n) is 2.97. The predicted molar refractivity (Wildman–Crippen MR) is 112 cm³/mol. The lowest BCUT2D eigenvalue weighted by atomic mass is 10.1. The van der Waals surface area contributed by atoms with Gasteiger partial charge < -0.3 is 9.47 Å². The van der Waals surface area contributed by atoms with Crippen molar-refractivity contribution < 1.29 is 14.3 Å². The Morgan fingerprint density at radius 2 is 1.97 bits per heavy atom. The Hall–Kier alpha value is -3.61. The van der Waals surface area contributed by atoms with E-state index in [1.165, 1.54) is 6.21 Å². The third-order valence-electron chi connectivity index (χ3n) is 4.44. The molecule has 0 spiro atoms. The maximum absolute atomic E-state index is 12.5. The molecule has 3 aromatic rings. The minimum atomic E-state index is -0.288. The van der Waals surface area contributed by atoms with Crippen molar-refractivity contribution in [2.75, 3.05) is 14.2 Å². The number of rotatable bonds is 7. The van der Waals surface area contributed by atoms with Gasteiger partial charge in [-0.2, -0.15) is 10.2 Å². The van der Waals surface area contributed by atoms with E-state index < -0.39 is 0 Å². The van der Waals surface area contributed by atoms with Crippen LogP contribution in [0.15, 0.2) is 53.6 Å². The minimum absolute atomic E-state index is 0.288. The molecule has 0 aliphatic heterocycles. The highest BCUT2D eigenvalue weighted by atomic mass is 16.5. The lowest BCUT2D eigenvalue weighted by Gasteiger charge is -2.08. The van der Waals surface area contributed by atoms with Crippen LogP contribution in [0.3, 0.4) is 0 Å². The Bertz CT molecular complexity index is 1040. The Kier molecular flexibility index (Phi) is 6.29. The topological polar surface area (TPSA) is 77.7 Å². The largest absolute Gasteiger partial charge is 0.497 e. The van der Waals surface area contributed by atoms with E-state index in [0.717, 1.165) is 22.5 Å². The van der Waals surface area contributed by atoms with Gasteiger partial charge in [-0.15, -0.1) is 0 Å². The molecule has 0 aliphatic carbocycles. The summed E-state index contributed by atoms with van der Waals surface area (Å²) in [5.74, 6) is 1.00. The van der Waals surface area contributed by atoms with Gasteiger partial charge >= 0.3 is 0 Å². The molecule has 0 atom stereocenters. The molecule has 1 N–H and O–H groups in total. The highest BCUT2D eigenvalue weighted by Crippen LogP contribution is 2.23. The molecule has 1 heterocycles. The molecule has 29 heavy (non-hydrogen) atoms. The number of hydrogen-bond donors (Lipinski definition) is 1. The molecule has 1 aromatic heterocycles. The standard InChI is InChI=1S/C22H24N4O3/c1-15-10-16(2)26(25-15)14-17-6-5-7-18(11-17)22(27)24-23-13-19-8-9-20(28-3)12-21(19)29-4/h5-13H,14H2,1-4H3,(H,24,27). The van der Waals surface area contributed by atoms with Crippen molar-refractivity contribution in [3.8, 4) is 11.5 Å². The second-order valence-corrected chi connectivity index (χ2v) is 6.59. The van der Waals surface area contributed by atoms with Crippen LogP contribution in [0.4, 0.5) is 0 Å². The molecule has 0 aliphatic rings. The first-order valence-electron chi connectivity index (χ1n) is 9.15. The van der Waals surface area contributed by atoms with E-state index in [1.54, 1.807) is 32.4 Å². The van der Waals surface area contributed by atoms with E-state index in [1.807, 2.05) is 48.9 Å². The molecule has 3 rings (SSSR count). The number of methoxy groups -OCH3 is 2. The van der Waals surface area contributed by atoms with E-state index in [4.69, 9.17) is 9.47 Å². The van der Waals surface area contributed by atoms with Crippen LogP contribution in [0.1, 0.15) is 32.9 Å². The second-order valence-electron chi connectivity index (χ2n) is 6.59. The minimum Gasteiger partial charge on any atom is -0.497 e. The summed E-state index contributed by atoms with van der Waals surface area (Å²) in [5.41, 5.74) is 6.86. The first kappa shape index (κ1) is 20.1. The Morgan fingerprint density at radius 3 is 2.66 bits per heavy atom. The zero-order chi connectivity index (χ0) is 20.8. The number of aryl methyl sites for hydroxylation is 2. The SMILES string of the molecule is COc1ccc(C=NNC(=O)c2cccc(Cn3nc(C)cc3C)c2)c(OC)c1. The molecule has 0 saturated heterocycles. The van der Waals surface area contributed by atoms with Gasteiger partial charge in [-0.05, 0) is 49.7 Å². The van der Waals surface area contributed by atoms with Gasteiger partial charge in [-0.1, -0.05) is 12.1 Å². The van der Waals surface area contributed by atoms with Crippen molar-refractivity contribution in [1.82, 2.24) is 15.2 Å². The fourth-order valence-corrected chi connectivity index (χ4v) is 2.97. The van der Waals surface area contributed by atoms with Crippen LogP contribution in [0.5, 0.6) is 11.5 Å². The van der Waals surface area contributed by atoms with Gasteiger partial charge in [0.15, 0.2) is 0 Å². The van der Waals surface area contributed by atoms with Crippen molar-refractivity contribution in [1.29, 1.82) is 0 Å². The summed E-state index contributed by atoms with van der Waals surface area (Å²) in [4.78, 5) is 12.5. The Balaban J connectivity index is 1.68. The van der Waals surface area contributed by atoms with Gasteiger partial charge in [0.25, 0.3) is 5.91 Å². The molecule has 7 nitrogen and oxygen atoms in total. The smallest absolute Gasteiger partial charge is 0.271 e. The molecule has 0 fully saturated rings. The number of hydrogen-bond acceptors (Lipinski definition) is 5. The van der Waals surface area contributed by atoms with Gasteiger partial charge in [0.1, 0.15) is 11.5 Å². The monoisotopic (exact) mass is 392 g/mol. The zero-order valence-electron chi connectivity index (χ0n) is 17.0. The third-order valence-corrected chi connectivity index (χ3v) is 4.44. The second kappa shape index (κ2) is 9.05. The first-order valence-corrected chi connectivity index (χ1v) is 9.15. The maximum atomic E-state index is 12.5. The van der Waals surface area contributed by atoms with Gasteiger partial charge in [0.05, 0.1) is 32.7 Å². The number of hydrazone groups is 1. The zero-order valence-corrected chi connectivity index (χ0v) is 17.0. The number of benzene rings is 2. The van der Waals surface area contributed by atoms with Crippen LogP contribution < -0.4 is 14.9 Å². The summed E-state index contributed by atoms with van der Waals surface area (Å²) >= 11 is 0. The first-order chi connectivity index (χ1) is 14.0. The average molecular weight is 392 g/mol. The van der Waals surface area contributed by atoms with Gasteiger partial charge in [-0.25, -0.2) is 5.43 Å². The van der Waals surface area contributed by atoms with Crippen molar-refractivity contribution in [2.45, 2.75) is 20.4 Å². The van der Waals surface area contributed by atoms with Crippen LogP contribution in [0.25, 0.3) is 0 Å². The average Bonchev–Trinajstić information content (AvgIpc) is 3.04. The number of nitrogens with zero attached hydrogens (tertiary/aromatic N) is 3. The molecule has 1 amide bonds.